The minimum atomic E-state index is -0.318. The van der Waals surface area contributed by atoms with Crippen LogP contribution in [0.4, 0.5) is 10.8 Å². The van der Waals surface area contributed by atoms with Gasteiger partial charge in [-0.3, -0.25) is 24.6 Å². The number of nitrogens with one attached hydrogen (secondary N) is 1. The molecule has 0 saturated carbocycles. The van der Waals surface area contributed by atoms with Crippen LogP contribution in [0.5, 0.6) is 5.75 Å². The van der Waals surface area contributed by atoms with Crippen LogP contribution in [-0.2, 0) is 9.59 Å². The van der Waals surface area contributed by atoms with Crippen molar-refractivity contribution in [2.24, 2.45) is 0 Å². The van der Waals surface area contributed by atoms with E-state index in [1.807, 2.05) is 19.1 Å². The van der Waals surface area contributed by atoms with E-state index in [1.165, 1.54) is 11.3 Å². The number of carbonyl (C=O) groups excluding carboxylic acids is 3. The molecule has 0 spiro atoms. The number of fused-ring (bicyclic) bond motifs is 1. The molecule has 0 atom stereocenters. The van der Waals surface area contributed by atoms with Gasteiger partial charge in [-0.2, -0.15) is 0 Å². The van der Waals surface area contributed by atoms with E-state index in [2.05, 4.69) is 10.3 Å². The molecule has 2 heterocycles. The summed E-state index contributed by atoms with van der Waals surface area (Å²) in [5, 5.41) is 3.27. The predicted octanol–water partition coefficient (Wildman–Crippen LogP) is 3.52. The molecule has 0 bridgehead atoms. The molecule has 1 aliphatic rings. The Labute approximate surface area is 164 Å². The van der Waals surface area contributed by atoms with Crippen LogP contribution in [0, 0.1) is 6.92 Å². The van der Waals surface area contributed by atoms with Gasteiger partial charge in [0.25, 0.3) is 5.91 Å². The highest BCUT2D eigenvalue weighted by Gasteiger charge is 2.30. The van der Waals surface area contributed by atoms with Crippen LogP contribution in [0.2, 0.25) is 0 Å². The van der Waals surface area contributed by atoms with Crippen LogP contribution in [-0.4, -0.2) is 29.8 Å². The summed E-state index contributed by atoms with van der Waals surface area (Å²) in [5.41, 5.74) is 2.65. The van der Waals surface area contributed by atoms with Crippen molar-refractivity contribution in [1.29, 1.82) is 0 Å². The minimum Gasteiger partial charge on any atom is -0.494 e. The second-order valence-electron chi connectivity index (χ2n) is 6.41. The highest BCUT2D eigenvalue weighted by molar-refractivity contribution is 7.22. The van der Waals surface area contributed by atoms with Crippen molar-refractivity contribution >= 4 is 50.1 Å². The normalized spacial score (nSPS) is 14.0. The number of carbonyl (C=O) groups is 3. The van der Waals surface area contributed by atoms with Gasteiger partial charge in [0.1, 0.15) is 11.3 Å². The number of ether oxygens (including phenoxy) is 1. The lowest BCUT2D eigenvalue weighted by molar-refractivity contribution is -0.121. The number of imide groups is 1. The van der Waals surface area contributed by atoms with Crippen LogP contribution < -0.4 is 15.0 Å². The molecule has 0 aliphatic carbocycles. The number of methoxy groups -OCH3 is 1. The van der Waals surface area contributed by atoms with Crippen molar-refractivity contribution in [2.45, 2.75) is 19.8 Å². The number of thiazole rings is 1. The number of amides is 3. The third-order valence-corrected chi connectivity index (χ3v) is 5.69. The second-order valence-corrected chi connectivity index (χ2v) is 7.40. The quantitative estimate of drug-likeness (QED) is 0.683. The fourth-order valence-electron chi connectivity index (χ4n) is 3.12. The van der Waals surface area contributed by atoms with E-state index in [1.54, 1.807) is 31.4 Å². The number of aryl methyl sites for hydroxylation is 1. The number of rotatable bonds is 4. The summed E-state index contributed by atoms with van der Waals surface area (Å²) in [6.45, 7) is 1.98. The van der Waals surface area contributed by atoms with Crippen molar-refractivity contribution in [3.63, 3.8) is 0 Å². The second kappa shape index (κ2) is 7.05. The SMILES string of the molecule is COc1ccc(C)c2sc(NC(=O)c3ccc(N4C(=O)CCC4=O)cc3)nc12. The third kappa shape index (κ3) is 3.11. The zero-order valence-corrected chi connectivity index (χ0v) is 16.1. The minimum absolute atomic E-state index is 0.221. The molecule has 28 heavy (non-hydrogen) atoms. The summed E-state index contributed by atoms with van der Waals surface area (Å²) in [5.74, 6) is -0.107. The Kier molecular flexibility index (Phi) is 4.56. The Hall–Kier alpha value is -3.26. The summed E-state index contributed by atoms with van der Waals surface area (Å²) in [7, 11) is 1.58. The largest absolute Gasteiger partial charge is 0.494 e. The third-order valence-electron chi connectivity index (χ3n) is 4.58. The average molecular weight is 395 g/mol. The molecular formula is C20H17N3O4S. The topological polar surface area (TPSA) is 88.6 Å². The lowest BCUT2D eigenvalue weighted by atomic mass is 10.2. The van der Waals surface area contributed by atoms with E-state index in [9.17, 15) is 14.4 Å². The first-order valence-corrected chi connectivity index (χ1v) is 9.51. The molecule has 3 aromatic rings. The van der Waals surface area contributed by atoms with Gasteiger partial charge in [0, 0.05) is 18.4 Å². The average Bonchev–Trinajstić information content (AvgIpc) is 3.26. The molecule has 3 amide bonds. The first-order valence-electron chi connectivity index (χ1n) is 8.69. The van der Waals surface area contributed by atoms with Gasteiger partial charge in [-0.15, -0.1) is 0 Å². The van der Waals surface area contributed by atoms with Gasteiger partial charge in [-0.05, 0) is 42.8 Å². The first-order chi connectivity index (χ1) is 13.5. The number of benzene rings is 2. The van der Waals surface area contributed by atoms with E-state index in [-0.39, 0.29) is 30.6 Å². The molecular weight excluding hydrogens is 378 g/mol. The lowest BCUT2D eigenvalue weighted by Crippen LogP contribution is -2.28. The van der Waals surface area contributed by atoms with Crippen molar-refractivity contribution in [3.05, 3.63) is 47.5 Å². The molecule has 7 nitrogen and oxygen atoms in total. The molecule has 1 saturated heterocycles. The monoisotopic (exact) mass is 395 g/mol. The Morgan fingerprint density at radius 2 is 1.79 bits per heavy atom. The zero-order chi connectivity index (χ0) is 19.8. The molecule has 2 aromatic carbocycles. The zero-order valence-electron chi connectivity index (χ0n) is 15.3. The van der Waals surface area contributed by atoms with Gasteiger partial charge >= 0.3 is 0 Å². The van der Waals surface area contributed by atoms with E-state index in [0.717, 1.165) is 15.2 Å². The highest BCUT2D eigenvalue weighted by atomic mass is 32.1. The number of hydrogen-bond donors (Lipinski definition) is 1. The van der Waals surface area contributed by atoms with Crippen LogP contribution in [0.15, 0.2) is 36.4 Å². The van der Waals surface area contributed by atoms with E-state index >= 15 is 0 Å². The van der Waals surface area contributed by atoms with Crippen molar-refractivity contribution in [1.82, 2.24) is 4.98 Å². The Bertz CT molecular complexity index is 1090. The van der Waals surface area contributed by atoms with Crippen LogP contribution in [0.1, 0.15) is 28.8 Å². The van der Waals surface area contributed by atoms with Gasteiger partial charge < -0.3 is 4.74 Å². The summed E-state index contributed by atoms with van der Waals surface area (Å²) in [4.78, 5) is 41.8. The summed E-state index contributed by atoms with van der Waals surface area (Å²) in [6, 6.07) is 10.2. The molecule has 0 radical (unpaired) electrons. The standard InChI is InChI=1S/C20H17N3O4S/c1-11-3-8-14(27-2)17-18(11)28-20(21-17)22-19(26)12-4-6-13(7-5-12)23-15(24)9-10-16(23)25/h3-8H,9-10H2,1-2H3,(H,21,22,26). The smallest absolute Gasteiger partial charge is 0.257 e. The van der Waals surface area contributed by atoms with Crippen LogP contribution in [0.25, 0.3) is 10.2 Å². The van der Waals surface area contributed by atoms with Gasteiger partial charge in [0.2, 0.25) is 11.8 Å². The van der Waals surface area contributed by atoms with Crippen molar-refractivity contribution in [3.8, 4) is 5.75 Å². The van der Waals surface area contributed by atoms with Crippen LogP contribution >= 0.6 is 11.3 Å². The fraction of sp³-hybridized carbons (Fsp3) is 0.200. The summed E-state index contributed by atoms with van der Waals surface area (Å²) >= 11 is 1.38. The molecule has 0 unspecified atom stereocenters. The predicted molar refractivity (Wildman–Crippen MR) is 107 cm³/mol. The number of aromatic nitrogens is 1. The Morgan fingerprint density at radius 3 is 2.43 bits per heavy atom. The molecule has 142 valence electrons. The number of nitrogens with zero attached hydrogens (tertiary/aromatic N) is 2. The van der Waals surface area contributed by atoms with Gasteiger partial charge in [-0.1, -0.05) is 17.4 Å². The Morgan fingerprint density at radius 1 is 1.11 bits per heavy atom. The summed E-state index contributed by atoms with van der Waals surface area (Å²) in [6.07, 6.45) is 0.448. The maximum atomic E-state index is 12.6. The summed E-state index contributed by atoms with van der Waals surface area (Å²) < 4.78 is 6.29. The highest BCUT2D eigenvalue weighted by Crippen LogP contribution is 2.35. The molecule has 1 N–H and O–H groups in total. The van der Waals surface area contributed by atoms with Crippen molar-refractivity contribution < 1.29 is 19.1 Å². The van der Waals surface area contributed by atoms with Crippen molar-refractivity contribution in [2.75, 3.05) is 17.3 Å². The molecule has 1 fully saturated rings. The molecule has 1 aromatic heterocycles. The van der Waals surface area contributed by atoms with Gasteiger partial charge in [0.05, 0.1) is 17.5 Å². The van der Waals surface area contributed by atoms with Gasteiger partial charge in [0.15, 0.2) is 5.13 Å². The lowest BCUT2D eigenvalue weighted by Gasteiger charge is -2.13. The first kappa shape index (κ1) is 18.1. The fourth-order valence-corrected chi connectivity index (χ4v) is 4.07. The van der Waals surface area contributed by atoms with E-state index < -0.39 is 0 Å². The number of hydrogen-bond acceptors (Lipinski definition) is 6. The van der Waals surface area contributed by atoms with E-state index in [0.29, 0.717) is 27.6 Å². The van der Waals surface area contributed by atoms with Gasteiger partial charge in [-0.25, -0.2) is 4.98 Å². The number of anilines is 2. The van der Waals surface area contributed by atoms with Crippen LogP contribution in [0.3, 0.4) is 0 Å². The maximum absolute atomic E-state index is 12.6. The maximum Gasteiger partial charge on any atom is 0.257 e. The molecule has 4 rings (SSSR count). The van der Waals surface area contributed by atoms with E-state index in [4.69, 9.17) is 4.74 Å². The molecule has 8 heteroatoms. The Balaban J connectivity index is 1.55. The molecule has 1 aliphatic heterocycles.